The highest BCUT2D eigenvalue weighted by Gasteiger charge is 2.39. The van der Waals surface area contributed by atoms with Gasteiger partial charge in [0.2, 0.25) is 0 Å². The van der Waals surface area contributed by atoms with Crippen molar-refractivity contribution in [1.82, 2.24) is 5.32 Å². The van der Waals surface area contributed by atoms with Crippen molar-refractivity contribution < 1.29 is 27.9 Å². The summed E-state index contributed by atoms with van der Waals surface area (Å²) in [5.74, 6) is -3.36. The first-order chi connectivity index (χ1) is 6.27. The zero-order valence-electron chi connectivity index (χ0n) is 7.39. The van der Waals surface area contributed by atoms with E-state index in [-0.39, 0.29) is 6.42 Å². The van der Waals surface area contributed by atoms with Crippen LogP contribution in [0.2, 0.25) is 0 Å². The molecule has 0 heterocycles. The van der Waals surface area contributed by atoms with Crippen molar-refractivity contribution >= 4 is 11.9 Å². The molecular formula is C7H10F3NO3. The third-order valence-electron chi connectivity index (χ3n) is 1.51. The molecule has 14 heavy (non-hydrogen) atoms. The maximum atomic E-state index is 11.7. The van der Waals surface area contributed by atoms with Crippen molar-refractivity contribution in [2.45, 2.75) is 32.0 Å². The molecule has 0 saturated heterocycles. The minimum absolute atomic E-state index is 0.133. The van der Waals surface area contributed by atoms with Gasteiger partial charge in [-0.15, -0.1) is 0 Å². The molecule has 0 rings (SSSR count). The fraction of sp³-hybridized carbons (Fsp3) is 0.714. The number of hydrogen-bond donors (Lipinski definition) is 2. The van der Waals surface area contributed by atoms with Crippen LogP contribution >= 0.6 is 0 Å². The van der Waals surface area contributed by atoms with Crippen LogP contribution in [0.25, 0.3) is 0 Å². The molecule has 0 aromatic heterocycles. The number of carbonyl (C=O) groups excluding carboxylic acids is 1. The van der Waals surface area contributed by atoms with Crippen molar-refractivity contribution in [2.24, 2.45) is 0 Å². The molecule has 4 nitrogen and oxygen atoms in total. The maximum absolute atomic E-state index is 11.7. The number of amides is 1. The summed E-state index contributed by atoms with van der Waals surface area (Å²) in [6, 6.07) is -0.985. The van der Waals surface area contributed by atoms with Gasteiger partial charge in [0.05, 0.1) is 6.42 Å². The molecule has 0 fully saturated rings. The van der Waals surface area contributed by atoms with Crippen LogP contribution in [0.3, 0.4) is 0 Å². The molecule has 2 N–H and O–H groups in total. The highest BCUT2D eigenvalue weighted by atomic mass is 19.4. The smallest absolute Gasteiger partial charge is 0.471 e. The van der Waals surface area contributed by atoms with E-state index in [1.54, 1.807) is 5.32 Å². The highest BCUT2D eigenvalue weighted by molar-refractivity contribution is 5.82. The normalized spacial score (nSPS) is 13.4. The number of alkyl halides is 3. The lowest BCUT2D eigenvalue weighted by Gasteiger charge is -2.15. The summed E-state index contributed by atoms with van der Waals surface area (Å²) in [5, 5.41) is 9.89. The zero-order chi connectivity index (χ0) is 11.4. The van der Waals surface area contributed by atoms with E-state index in [2.05, 4.69) is 0 Å². The molecule has 0 aromatic rings. The van der Waals surface area contributed by atoms with Gasteiger partial charge >= 0.3 is 18.1 Å². The molecule has 0 aliphatic rings. The highest BCUT2D eigenvalue weighted by Crippen LogP contribution is 2.15. The van der Waals surface area contributed by atoms with Gasteiger partial charge in [0.25, 0.3) is 0 Å². The number of halogens is 3. The number of nitrogens with one attached hydrogen (secondary N) is 1. The van der Waals surface area contributed by atoms with Gasteiger partial charge in [-0.05, 0) is 6.42 Å². The SMILES string of the molecule is CCC(CC(=O)O)NC(=O)C(F)(F)F. The Hall–Kier alpha value is -1.27. The molecule has 0 saturated carbocycles. The van der Waals surface area contributed by atoms with E-state index in [1.165, 1.54) is 6.92 Å². The summed E-state index contributed by atoms with van der Waals surface area (Å²) in [5.41, 5.74) is 0. The number of aliphatic carboxylic acids is 1. The zero-order valence-corrected chi connectivity index (χ0v) is 7.39. The number of rotatable bonds is 4. The average Bonchev–Trinajstić information content (AvgIpc) is 2.00. The molecule has 0 spiro atoms. The van der Waals surface area contributed by atoms with E-state index in [0.717, 1.165) is 0 Å². The molecule has 0 aliphatic heterocycles. The van der Waals surface area contributed by atoms with E-state index in [9.17, 15) is 22.8 Å². The minimum Gasteiger partial charge on any atom is -0.481 e. The summed E-state index contributed by atoms with van der Waals surface area (Å²) >= 11 is 0. The van der Waals surface area contributed by atoms with Crippen molar-refractivity contribution in [3.8, 4) is 0 Å². The van der Waals surface area contributed by atoms with Crippen molar-refractivity contribution in [1.29, 1.82) is 0 Å². The Bertz CT molecular complexity index is 227. The van der Waals surface area contributed by atoms with Gasteiger partial charge < -0.3 is 10.4 Å². The third-order valence-corrected chi connectivity index (χ3v) is 1.51. The van der Waals surface area contributed by atoms with Crippen LogP contribution in [0.15, 0.2) is 0 Å². The third kappa shape index (κ3) is 4.68. The lowest BCUT2D eigenvalue weighted by atomic mass is 10.1. The van der Waals surface area contributed by atoms with E-state index in [0.29, 0.717) is 0 Å². The first-order valence-electron chi connectivity index (χ1n) is 3.86. The van der Waals surface area contributed by atoms with Crippen LogP contribution < -0.4 is 5.32 Å². The molecule has 0 radical (unpaired) electrons. The molecule has 1 amide bonds. The van der Waals surface area contributed by atoms with Crippen LogP contribution in [-0.4, -0.2) is 29.2 Å². The Labute approximate surface area is 78.1 Å². The molecule has 0 bridgehead atoms. The predicted molar refractivity (Wildman–Crippen MR) is 40.5 cm³/mol. The van der Waals surface area contributed by atoms with Gasteiger partial charge in [0.15, 0.2) is 0 Å². The van der Waals surface area contributed by atoms with Crippen LogP contribution in [0.5, 0.6) is 0 Å². The first-order valence-corrected chi connectivity index (χ1v) is 3.86. The van der Waals surface area contributed by atoms with E-state index < -0.39 is 30.5 Å². The fourth-order valence-corrected chi connectivity index (χ4v) is 0.775. The summed E-state index contributed by atoms with van der Waals surface area (Å²) in [6.07, 6.45) is -5.35. The van der Waals surface area contributed by atoms with Gasteiger partial charge in [-0.25, -0.2) is 0 Å². The predicted octanol–water partition coefficient (Wildman–Crippen LogP) is 0.918. The van der Waals surface area contributed by atoms with E-state index >= 15 is 0 Å². The van der Waals surface area contributed by atoms with Crippen molar-refractivity contribution in [3.05, 3.63) is 0 Å². The molecule has 82 valence electrons. The number of carbonyl (C=O) groups is 2. The number of carboxylic acids is 1. The van der Waals surface area contributed by atoms with Gasteiger partial charge in [-0.2, -0.15) is 13.2 Å². The molecule has 0 aliphatic carbocycles. The lowest BCUT2D eigenvalue weighted by Crippen LogP contribution is -2.43. The average molecular weight is 213 g/mol. The lowest BCUT2D eigenvalue weighted by molar-refractivity contribution is -0.174. The summed E-state index contributed by atoms with van der Waals surface area (Å²) in [6.45, 7) is 1.49. The summed E-state index contributed by atoms with van der Waals surface area (Å²) < 4.78 is 35.2. The second kappa shape index (κ2) is 4.83. The van der Waals surface area contributed by atoms with Crippen LogP contribution in [0.1, 0.15) is 19.8 Å². The van der Waals surface area contributed by atoms with Gasteiger partial charge in [0.1, 0.15) is 0 Å². The van der Waals surface area contributed by atoms with E-state index in [4.69, 9.17) is 5.11 Å². The first kappa shape index (κ1) is 12.7. The van der Waals surface area contributed by atoms with Crippen LogP contribution in [0, 0.1) is 0 Å². The molecule has 0 aromatic carbocycles. The monoisotopic (exact) mass is 213 g/mol. The number of hydrogen-bond acceptors (Lipinski definition) is 2. The molecule has 1 atom stereocenters. The van der Waals surface area contributed by atoms with Gasteiger partial charge in [-0.1, -0.05) is 6.92 Å². The van der Waals surface area contributed by atoms with Gasteiger partial charge in [-0.3, -0.25) is 9.59 Å². The largest absolute Gasteiger partial charge is 0.481 e. The minimum atomic E-state index is -4.97. The molecule has 7 heteroatoms. The van der Waals surface area contributed by atoms with Gasteiger partial charge in [0, 0.05) is 6.04 Å². The maximum Gasteiger partial charge on any atom is 0.471 e. The molecular weight excluding hydrogens is 203 g/mol. The second-order valence-electron chi connectivity index (χ2n) is 2.67. The topological polar surface area (TPSA) is 66.4 Å². The second-order valence-corrected chi connectivity index (χ2v) is 2.67. The Morgan fingerprint density at radius 1 is 1.43 bits per heavy atom. The Balaban J connectivity index is 4.19. The van der Waals surface area contributed by atoms with Crippen molar-refractivity contribution in [2.75, 3.05) is 0 Å². The quantitative estimate of drug-likeness (QED) is 0.729. The Morgan fingerprint density at radius 2 is 1.93 bits per heavy atom. The number of carboxylic acid groups (broad SMARTS) is 1. The fourth-order valence-electron chi connectivity index (χ4n) is 0.775. The standard InChI is InChI=1S/C7H10F3NO3/c1-2-4(3-5(12)13)11-6(14)7(8,9)10/h4H,2-3H2,1H3,(H,11,14)(H,12,13). The summed E-state index contributed by atoms with van der Waals surface area (Å²) in [7, 11) is 0. The summed E-state index contributed by atoms with van der Waals surface area (Å²) in [4.78, 5) is 20.6. The Kier molecular flexibility index (Phi) is 4.39. The van der Waals surface area contributed by atoms with Crippen molar-refractivity contribution in [3.63, 3.8) is 0 Å². The Morgan fingerprint density at radius 3 is 2.21 bits per heavy atom. The molecule has 1 unspecified atom stereocenters. The van der Waals surface area contributed by atoms with E-state index in [1.807, 2.05) is 0 Å². The van der Waals surface area contributed by atoms with Crippen LogP contribution in [-0.2, 0) is 9.59 Å². The van der Waals surface area contributed by atoms with Crippen LogP contribution in [0.4, 0.5) is 13.2 Å².